The number of benzene rings is 1. The molecule has 0 aliphatic heterocycles. The minimum atomic E-state index is 0.340. The third kappa shape index (κ3) is 1.99. The number of nitrogens with zero attached hydrogens (tertiary/aromatic N) is 2. The largest absolute Gasteiger partial charge is 0.508 e. The van der Waals surface area contributed by atoms with E-state index in [1.54, 1.807) is 6.07 Å². The van der Waals surface area contributed by atoms with Crippen molar-refractivity contribution in [1.82, 2.24) is 15.1 Å². The molecule has 0 amide bonds. The van der Waals surface area contributed by atoms with Crippen LogP contribution in [0.5, 0.6) is 5.75 Å². The minimum absolute atomic E-state index is 0.340. The van der Waals surface area contributed by atoms with Crippen molar-refractivity contribution in [2.75, 3.05) is 0 Å². The van der Waals surface area contributed by atoms with E-state index < -0.39 is 0 Å². The number of fused-ring (bicyclic) bond motifs is 1. The summed E-state index contributed by atoms with van der Waals surface area (Å²) < 4.78 is 1.81. The summed E-state index contributed by atoms with van der Waals surface area (Å²) in [5.74, 6) is 0.429. The van der Waals surface area contributed by atoms with Crippen molar-refractivity contribution in [3.8, 4) is 5.75 Å². The summed E-state index contributed by atoms with van der Waals surface area (Å²) in [7, 11) is 1.92. The maximum atomic E-state index is 9.80. The molecule has 0 radical (unpaired) electrons. The van der Waals surface area contributed by atoms with Gasteiger partial charge in [-0.25, -0.2) is 0 Å². The molecule has 1 aliphatic carbocycles. The van der Waals surface area contributed by atoms with Crippen LogP contribution in [0.15, 0.2) is 30.6 Å². The molecule has 94 valence electrons. The Kier molecular flexibility index (Phi) is 2.80. The Bertz CT molecular complexity index is 562. The number of aromatic hydroxyl groups is 1. The number of hydrogen-bond donors (Lipinski definition) is 2. The van der Waals surface area contributed by atoms with Gasteiger partial charge in [-0.15, -0.1) is 0 Å². The molecule has 0 fully saturated rings. The monoisotopic (exact) mass is 243 g/mol. The first kappa shape index (κ1) is 11.3. The molecule has 4 heteroatoms. The fourth-order valence-electron chi connectivity index (χ4n) is 2.65. The van der Waals surface area contributed by atoms with Gasteiger partial charge in [0.25, 0.3) is 0 Å². The minimum Gasteiger partial charge on any atom is -0.508 e. The van der Waals surface area contributed by atoms with Gasteiger partial charge in [-0.05, 0) is 30.0 Å². The third-order valence-electron chi connectivity index (χ3n) is 3.56. The van der Waals surface area contributed by atoms with Crippen molar-refractivity contribution < 1.29 is 5.11 Å². The second-order valence-electron chi connectivity index (χ2n) is 4.84. The Morgan fingerprint density at radius 1 is 1.50 bits per heavy atom. The fourth-order valence-corrected chi connectivity index (χ4v) is 2.65. The second kappa shape index (κ2) is 4.46. The van der Waals surface area contributed by atoms with Crippen molar-refractivity contribution >= 4 is 0 Å². The van der Waals surface area contributed by atoms with Gasteiger partial charge < -0.3 is 10.4 Å². The number of phenols is 1. The highest BCUT2D eigenvalue weighted by molar-refractivity contribution is 5.44. The summed E-state index contributed by atoms with van der Waals surface area (Å²) in [6.45, 7) is 0.813. The van der Waals surface area contributed by atoms with Crippen molar-refractivity contribution in [3.05, 3.63) is 47.3 Å². The lowest BCUT2D eigenvalue weighted by Crippen LogP contribution is -2.18. The van der Waals surface area contributed by atoms with Crippen LogP contribution in [0.3, 0.4) is 0 Å². The summed E-state index contributed by atoms with van der Waals surface area (Å²) in [6, 6.07) is 6.12. The predicted molar refractivity (Wildman–Crippen MR) is 69.2 cm³/mol. The van der Waals surface area contributed by atoms with Gasteiger partial charge in [0.1, 0.15) is 5.75 Å². The summed E-state index contributed by atoms with van der Waals surface area (Å²) in [6.07, 6.45) is 5.90. The normalized spacial score (nSPS) is 17.9. The molecule has 2 N–H and O–H groups in total. The smallest absolute Gasteiger partial charge is 0.119 e. The number of phenolic OH excluding ortho intramolecular Hbond substituents is 1. The molecule has 0 spiro atoms. The first-order valence-electron chi connectivity index (χ1n) is 6.25. The van der Waals surface area contributed by atoms with Crippen LogP contribution in [0, 0.1) is 0 Å². The Balaban J connectivity index is 1.71. The van der Waals surface area contributed by atoms with Gasteiger partial charge in [0.05, 0.1) is 6.20 Å². The lowest BCUT2D eigenvalue weighted by atomic mass is 10.1. The molecule has 1 unspecified atom stereocenters. The lowest BCUT2D eigenvalue weighted by molar-refractivity contribution is 0.469. The molecule has 0 saturated carbocycles. The Hall–Kier alpha value is -1.81. The molecule has 0 saturated heterocycles. The highest BCUT2D eigenvalue weighted by Crippen LogP contribution is 2.36. The standard InChI is InChI=1S/C14H17N3O/c1-17-9-10(8-16-17)7-15-13-6-5-12-11(13)3-2-4-14(12)18/h2-4,8-9,13,15,18H,5-7H2,1H3. The zero-order valence-corrected chi connectivity index (χ0v) is 10.4. The molecule has 4 nitrogen and oxygen atoms in total. The van der Waals surface area contributed by atoms with Crippen molar-refractivity contribution in [2.24, 2.45) is 7.05 Å². The number of aromatic nitrogens is 2. The first-order chi connectivity index (χ1) is 8.74. The van der Waals surface area contributed by atoms with Crippen LogP contribution in [-0.2, 0) is 20.0 Å². The van der Waals surface area contributed by atoms with Crippen molar-refractivity contribution in [2.45, 2.75) is 25.4 Å². The van der Waals surface area contributed by atoms with E-state index in [1.165, 1.54) is 11.1 Å². The molecular formula is C14H17N3O. The highest BCUT2D eigenvalue weighted by Gasteiger charge is 2.23. The van der Waals surface area contributed by atoms with E-state index in [4.69, 9.17) is 0 Å². The molecule has 18 heavy (non-hydrogen) atoms. The maximum absolute atomic E-state index is 9.80. The van der Waals surface area contributed by atoms with Crippen LogP contribution in [0.4, 0.5) is 0 Å². The number of rotatable bonds is 3. The van der Waals surface area contributed by atoms with Gasteiger partial charge in [0.2, 0.25) is 0 Å². The van der Waals surface area contributed by atoms with E-state index in [0.717, 1.165) is 24.9 Å². The number of aryl methyl sites for hydroxylation is 1. The molecule has 1 aromatic carbocycles. The quantitative estimate of drug-likeness (QED) is 0.865. The molecule has 1 atom stereocenters. The highest BCUT2D eigenvalue weighted by atomic mass is 16.3. The van der Waals surface area contributed by atoms with Gasteiger partial charge in [-0.1, -0.05) is 12.1 Å². The van der Waals surface area contributed by atoms with Gasteiger partial charge in [0, 0.05) is 31.4 Å². The summed E-state index contributed by atoms with van der Waals surface area (Å²) >= 11 is 0. The third-order valence-corrected chi connectivity index (χ3v) is 3.56. The lowest BCUT2D eigenvalue weighted by Gasteiger charge is -2.13. The van der Waals surface area contributed by atoms with E-state index >= 15 is 0 Å². The molecule has 2 aromatic rings. The van der Waals surface area contributed by atoms with Crippen LogP contribution in [0.25, 0.3) is 0 Å². The van der Waals surface area contributed by atoms with E-state index in [-0.39, 0.29) is 0 Å². The predicted octanol–water partition coefficient (Wildman–Crippen LogP) is 1.90. The summed E-state index contributed by atoms with van der Waals surface area (Å²) in [5.41, 5.74) is 3.52. The van der Waals surface area contributed by atoms with Crippen molar-refractivity contribution in [1.29, 1.82) is 0 Å². The summed E-state index contributed by atoms with van der Waals surface area (Å²) in [5, 5.41) is 17.5. The van der Waals surface area contributed by atoms with Gasteiger partial charge in [-0.3, -0.25) is 4.68 Å². The van der Waals surface area contributed by atoms with Gasteiger partial charge >= 0.3 is 0 Å². The number of hydrogen-bond acceptors (Lipinski definition) is 3. The Morgan fingerprint density at radius 2 is 2.39 bits per heavy atom. The van der Waals surface area contributed by atoms with Gasteiger partial charge in [0.15, 0.2) is 0 Å². The average molecular weight is 243 g/mol. The van der Waals surface area contributed by atoms with Crippen LogP contribution >= 0.6 is 0 Å². The topological polar surface area (TPSA) is 50.1 Å². The van der Waals surface area contributed by atoms with E-state index in [0.29, 0.717) is 11.8 Å². The average Bonchev–Trinajstić information content (AvgIpc) is 2.94. The van der Waals surface area contributed by atoms with Crippen molar-refractivity contribution in [3.63, 3.8) is 0 Å². The zero-order valence-electron chi connectivity index (χ0n) is 10.4. The van der Waals surface area contributed by atoms with Gasteiger partial charge in [-0.2, -0.15) is 5.10 Å². The fraction of sp³-hybridized carbons (Fsp3) is 0.357. The number of nitrogens with one attached hydrogen (secondary N) is 1. The Labute approximate surface area is 106 Å². The second-order valence-corrected chi connectivity index (χ2v) is 4.84. The molecule has 1 aliphatic rings. The molecule has 0 bridgehead atoms. The molecule has 1 heterocycles. The van der Waals surface area contributed by atoms with Crippen LogP contribution in [0.2, 0.25) is 0 Å². The SMILES string of the molecule is Cn1cc(CNC2CCc3c(O)cccc32)cn1. The molecular weight excluding hydrogens is 226 g/mol. The van der Waals surface area contributed by atoms with E-state index in [9.17, 15) is 5.11 Å². The van der Waals surface area contributed by atoms with Crippen LogP contribution in [-0.4, -0.2) is 14.9 Å². The van der Waals surface area contributed by atoms with Crippen LogP contribution < -0.4 is 5.32 Å². The van der Waals surface area contributed by atoms with E-state index in [1.807, 2.05) is 30.2 Å². The van der Waals surface area contributed by atoms with E-state index in [2.05, 4.69) is 16.5 Å². The molecule has 1 aromatic heterocycles. The van der Waals surface area contributed by atoms with Crippen LogP contribution in [0.1, 0.15) is 29.2 Å². The summed E-state index contributed by atoms with van der Waals surface area (Å²) in [4.78, 5) is 0. The first-order valence-corrected chi connectivity index (χ1v) is 6.25. The Morgan fingerprint density at radius 3 is 3.17 bits per heavy atom. The zero-order chi connectivity index (χ0) is 12.5. The molecule has 3 rings (SSSR count). The maximum Gasteiger partial charge on any atom is 0.119 e.